The maximum Gasteiger partial charge on any atom is 0.188 e. The third-order valence-corrected chi connectivity index (χ3v) is 1.69. The number of rotatable bonds is 4. The number of hydrogen-bond acceptors (Lipinski definition) is 4. The highest BCUT2D eigenvalue weighted by Crippen LogP contribution is 2.35. The fraction of sp³-hybridized carbons (Fsp3) is 0.400. The highest BCUT2D eigenvalue weighted by molar-refractivity contribution is 5.65. The van der Waals surface area contributed by atoms with Crippen LogP contribution in [0, 0.1) is 6.07 Å². The van der Waals surface area contributed by atoms with Crippen molar-refractivity contribution in [2.24, 2.45) is 0 Å². The van der Waals surface area contributed by atoms with Crippen LogP contribution in [0.1, 0.15) is 0 Å². The van der Waals surface area contributed by atoms with E-state index in [1.807, 2.05) is 14.1 Å². The summed E-state index contributed by atoms with van der Waals surface area (Å²) in [4.78, 5) is 1.76. The highest BCUT2D eigenvalue weighted by Gasteiger charge is 2.10. The van der Waals surface area contributed by atoms with Gasteiger partial charge in [-0.05, 0) is 12.1 Å². The van der Waals surface area contributed by atoms with Gasteiger partial charge in [0.25, 0.3) is 0 Å². The van der Waals surface area contributed by atoms with Crippen molar-refractivity contribution in [1.82, 2.24) is 0 Å². The summed E-state index contributed by atoms with van der Waals surface area (Å²) >= 11 is 0. The zero-order chi connectivity index (χ0) is 10.6. The summed E-state index contributed by atoms with van der Waals surface area (Å²) in [5, 5.41) is 9.54. The van der Waals surface area contributed by atoms with Gasteiger partial charge >= 0.3 is 0 Å². The summed E-state index contributed by atoms with van der Waals surface area (Å²) in [5.74, 6) is 0.650. The molecule has 0 spiro atoms. The average Bonchev–Trinajstić information content (AvgIpc) is 2.14. The van der Waals surface area contributed by atoms with E-state index >= 15 is 0 Å². The number of nitrogens with zero attached hydrogens (tertiary/aromatic N) is 1. The number of aromatic hydroxyl groups is 1. The van der Waals surface area contributed by atoms with Crippen LogP contribution in [0.3, 0.4) is 0 Å². The third-order valence-electron chi connectivity index (χ3n) is 1.69. The summed E-state index contributed by atoms with van der Waals surface area (Å²) in [6, 6.07) is 6.03. The minimum atomic E-state index is 0.0728. The van der Waals surface area contributed by atoms with Crippen molar-refractivity contribution in [3.63, 3.8) is 0 Å². The zero-order valence-electron chi connectivity index (χ0n) is 8.57. The highest BCUT2D eigenvalue weighted by atomic mass is 16.7. The van der Waals surface area contributed by atoms with Crippen LogP contribution in [0.25, 0.3) is 0 Å². The van der Waals surface area contributed by atoms with E-state index in [9.17, 15) is 5.11 Å². The van der Waals surface area contributed by atoms with E-state index in [2.05, 4.69) is 6.07 Å². The molecule has 4 nitrogen and oxygen atoms in total. The molecule has 0 bridgehead atoms. The van der Waals surface area contributed by atoms with Crippen molar-refractivity contribution < 1.29 is 14.6 Å². The number of methoxy groups -OCH3 is 1. The van der Waals surface area contributed by atoms with Crippen LogP contribution in [-0.2, 0) is 4.74 Å². The molecule has 1 rings (SSSR count). The topological polar surface area (TPSA) is 41.9 Å². The Morgan fingerprint density at radius 3 is 2.79 bits per heavy atom. The Morgan fingerprint density at radius 1 is 1.50 bits per heavy atom. The Labute approximate surface area is 83.7 Å². The minimum Gasteiger partial charge on any atom is -0.505 e. The second-order valence-corrected chi connectivity index (χ2v) is 2.98. The first-order valence-electron chi connectivity index (χ1n) is 4.19. The van der Waals surface area contributed by atoms with Crippen LogP contribution < -0.4 is 9.64 Å². The Morgan fingerprint density at radius 2 is 2.21 bits per heavy atom. The van der Waals surface area contributed by atoms with Gasteiger partial charge in [0.2, 0.25) is 0 Å². The molecule has 0 atom stereocenters. The minimum absolute atomic E-state index is 0.0728. The Bertz CT molecular complexity index is 299. The van der Waals surface area contributed by atoms with Crippen molar-refractivity contribution in [3.05, 3.63) is 18.2 Å². The lowest BCUT2D eigenvalue weighted by Gasteiger charge is -2.18. The number of ether oxygens (including phenoxy) is 2. The van der Waals surface area contributed by atoms with Gasteiger partial charge in [0, 0.05) is 27.3 Å². The smallest absolute Gasteiger partial charge is 0.188 e. The fourth-order valence-electron chi connectivity index (χ4n) is 1.13. The molecule has 14 heavy (non-hydrogen) atoms. The predicted molar refractivity (Wildman–Crippen MR) is 53.8 cm³/mol. The van der Waals surface area contributed by atoms with Gasteiger partial charge in [0.15, 0.2) is 12.5 Å². The molecule has 1 aromatic rings. The third kappa shape index (κ3) is 2.29. The van der Waals surface area contributed by atoms with E-state index in [0.717, 1.165) is 0 Å². The van der Waals surface area contributed by atoms with Crippen molar-refractivity contribution >= 4 is 5.69 Å². The lowest BCUT2D eigenvalue weighted by atomic mass is 10.2. The summed E-state index contributed by atoms with van der Waals surface area (Å²) in [6.45, 7) is 0.157. The van der Waals surface area contributed by atoms with Gasteiger partial charge in [0.05, 0.1) is 0 Å². The lowest BCUT2D eigenvalue weighted by Crippen LogP contribution is -2.11. The molecule has 0 saturated heterocycles. The van der Waals surface area contributed by atoms with Crippen LogP contribution in [0.4, 0.5) is 5.69 Å². The van der Waals surface area contributed by atoms with Gasteiger partial charge in [-0.1, -0.05) is 0 Å². The molecule has 0 aromatic heterocycles. The van der Waals surface area contributed by atoms with Gasteiger partial charge in [0.1, 0.15) is 11.4 Å². The molecular formula is C10H14NO3. The molecule has 77 valence electrons. The monoisotopic (exact) mass is 196 g/mol. The molecule has 0 aliphatic heterocycles. The maximum absolute atomic E-state index is 9.54. The van der Waals surface area contributed by atoms with Crippen molar-refractivity contribution in [2.75, 3.05) is 32.9 Å². The van der Waals surface area contributed by atoms with Gasteiger partial charge in [-0.3, -0.25) is 0 Å². The molecule has 1 aromatic carbocycles. The first-order valence-corrected chi connectivity index (χ1v) is 4.19. The van der Waals surface area contributed by atoms with Crippen molar-refractivity contribution in [1.29, 1.82) is 0 Å². The molecule has 0 amide bonds. The van der Waals surface area contributed by atoms with Gasteiger partial charge < -0.3 is 19.5 Å². The van der Waals surface area contributed by atoms with Crippen molar-refractivity contribution in [3.8, 4) is 11.5 Å². The number of phenolic OH excluding ortho intramolecular Hbond substituents is 1. The second-order valence-electron chi connectivity index (χ2n) is 2.98. The van der Waals surface area contributed by atoms with Gasteiger partial charge in [-0.15, -0.1) is 0 Å². The predicted octanol–water partition coefficient (Wildman–Crippen LogP) is 1.24. The standard InChI is InChI=1S/C10H14NO3/c1-11(2)10-8(12)5-4-6-9(10)14-7-13-3/h4,6,12H,7H2,1-3H3. The number of hydrogen-bond donors (Lipinski definition) is 1. The van der Waals surface area contributed by atoms with E-state index < -0.39 is 0 Å². The van der Waals surface area contributed by atoms with Gasteiger partial charge in [-0.2, -0.15) is 0 Å². The first-order chi connectivity index (χ1) is 6.66. The molecule has 1 N–H and O–H groups in total. The number of anilines is 1. The van der Waals surface area contributed by atoms with Crippen molar-refractivity contribution in [2.45, 2.75) is 0 Å². The van der Waals surface area contributed by atoms with E-state index in [0.29, 0.717) is 11.4 Å². The number of phenols is 1. The molecule has 0 fully saturated rings. The Hall–Kier alpha value is -1.42. The summed E-state index contributed by atoms with van der Waals surface area (Å²) < 4.78 is 10.1. The summed E-state index contributed by atoms with van der Waals surface area (Å²) in [7, 11) is 5.19. The molecule has 0 aliphatic rings. The molecule has 4 heteroatoms. The van der Waals surface area contributed by atoms with Crippen LogP contribution in [0.15, 0.2) is 12.1 Å². The zero-order valence-corrected chi connectivity index (χ0v) is 8.57. The normalized spacial score (nSPS) is 9.93. The molecule has 0 unspecified atom stereocenters. The lowest BCUT2D eigenvalue weighted by molar-refractivity contribution is 0.0513. The quantitative estimate of drug-likeness (QED) is 0.736. The van der Waals surface area contributed by atoms with Crippen LogP contribution in [0.5, 0.6) is 11.5 Å². The molecule has 0 aliphatic carbocycles. The average molecular weight is 196 g/mol. The van der Waals surface area contributed by atoms with E-state index in [4.69, 9.17) is 9.47 Å². The van der Waals surface area contributed by atoms with Crippen LogP contribution in [-0.4, -0.2) is 33.1 Å². The largest absolute Gasteiger partial charge is 0.505 e. The molecule has 0 heterocycles. The summed E-state index contributed by atoms with van der Waals surface area (Å²) in [5.41, 5.74) is 0.601. The molecule has 1 radical (unpaired) electrons. The van der Waals surface area contributed by atoms with Gasteiger partial charge in [-0.25, -0.2) is 0 Å². The van der Waals surface area contributed by atoms with E-state index in [1.165, 1.54) is 0 Å². The van der Waals surface area contributed by atoms with E-state index in [1.54, 1.807) is 24.1 Å². The SMILES string of the molecule is COCOc1cc[c]c(O)c1N(C)C. The molecule has 0 saturated carbocycles. The maximum atomic E-state index is 9.54. The van der Waals surface area contributed by atoms with E-state index in [-0.39, 0.29) is 12.5 Å². The summed E-state index contributed by atoms with van der Waals surface area (Å²) in [6.07, 6.45) is 0. The first kappa shape index (κ1) is 10.7. The van der Waals surface area contributed by atoms with Crippen LogP contribution in [0.2, 0.25) is 0 Å². The number of benzene rings is 1. The molecular weight excluding hydrogens is 182 g/mol. The second kappa shape index (κ2) is 4.72. The Balaban J connectivity index is 2.96. The van der Waals surface area contributed by atoms with Crippen LogP contribution >= 0.6 is 0 Å². The fourth-order valence-corrected chi connectivity index (χ4v) is 1.13. The Kier molecular flexibility index (Phi) is 3.59.